The molecule has 1 aromatic carbocycles. The number of carbonyl (C=O) groups excluding carboxylic acids is 1. The van der Waals surface area contributed by atoms with Crippen molar-refractivity contribution in [1.29, 1.82) is 0 Å². The third-order valence-electron chi connectivity index (χ3n) is 6.22. The Balaban J connectivity index is 1.22. The Hall–Kier alpha value is -2.16. The average molecular weight is 445 g/mol. The molecule has 1 aromatic heterocycles. The summed E-state index contributed by atoms with van der Waals surface area (Å²) >= 11 is 1.74. The Morgan fingerprint density at radius 2 is 1.90 bits per heavy atom. The molecule has 0 atom stereocenters. The number of Topliss-reactive ketones (excluding diaryl/α,β-unsaturated/α-hetero) is 1. The fourth-order valence-electron chi connectivity index (χ4n) is 4.45. The number of rotatable bonds is 6. The zero-order valence-electron chi connectivity index (χ0n) is 17.8. The predicted octanol–water partition coefficient (Wildman–Crippen LogP) is 4.04. The topological polar surface area (TPSA) is 61.1 Å². The number of halogens is 1. The molecule has 6 nitrogen and oxygen atoms in total. The molecule has 0 unspecified atom stereocenters. The molecule has 3 heterocycles. The van der Waals surface area contributed by atoms with Crippen LogP contribution in [0.4, 0.5) is 4.39 Å². The number of carbonyl (C=O) groups is 1. The summed E-state index contributed by atoms with van der Waals surface area (Å²) < 4.78 is 17.5. The molecule has 0 amide bonds. The van der Waals surface area contributed by atoms with Crippen molar-refractivity contribution >= 4 is 23.4 Å². The molecule has 0 bridgehead atoms. The maximum Gasteiger partial charge on any atom is 0.166 e. The summed E-state index contributed by atoms with van der Waals surface area (Å²) in [5, 5.41) is 12.9. The van der Waals surface area contributed by atoms with E-state index in [-0.39, 0.29) is 17.5 Å². The third-order valence-corrected chi connectivity index (χ3v) is 7.37. The van der Waals surface area contributed by atoms with Gasteiger partial charge in [-0.3, -0.25) is 4.79 Å². The van der Waals surface area contributed by atoms with Gasteiger partial charge in [0.25, 0.3) is 0 Å². The second kappa shape index (κ2) is 9.97. The molecular formula is C23H29FN4O2S. The number of ketones is 1. The maximum atomic E-state index is 13.1. The van der Waals surface area contributed by atoms with Gasteiger partial charge in [-0.05, 0) is 81.2 Å². The van der Waals surface area contributed by atoms with Crippen LogP contribution >= 0.6 is 11.9 Å². The Morgan fingerprint density at radius 1 is 1.16 bits per heavy atom. The summed E-state index contributed by atoms with van der Waals surface area (Å²) in [7, 11) is 1.98. The van der Waals surface area contributed by atoms with Crippen molar-refractivity contribution in [2.24, 2.45) is 18.1 Å². The van der Waals surface area contributed by atoms with Crippen LogP contribution in [-0.2, 0) is 7.05 Å². The molecule has 1 saturated heterocycles. The largest absolute Gasteiger partial charge is 0.411 e. The highest BCUT2D eigenvalue weighted by Gasteiger charge is 2.26. The summed E-state index contributed by atoms with van der Waals surface area (Å²) in [6.07, 6.45) is 5.50. The number of nitrogens with zero attached hydrogens (tertiary/aromatic N) is 4. The molecule has 1 N–H and O–H groups in total. The SMILES string of the molecule is Cn1ccc2c1/C(=N/O)CCN(CCCN1CCC(C(=O)c3ccc(F)cc3)CC1)S2. The number of aromatic nitrogens is 1. The van der Waals surface area contributed by atoms with E-state index in [4.69, 9.17) is 0 Å². The molecule has 0 saturated carbocycles. The zero-order chi connectivity index (χ0) is 21.8. The Labute approximate surface area is 186 Å². The smallest absolute Gasteiger partial charge is 0.166 e. The molecule has 4 rings (SSSR count). The Bertz CT molecular complexity index is 936. The first-order valence-electron chi connectivity index (χ1n) is 10.9. The van der Waals surface area contributed by atoms with Crippen LogP contribution in [0.3, 0.4) is 0 Å². The highest BCUT2D eigenvalue weighted by molar-refractivity contribution is 7.97. The molecular weight excluding hydrogens is 415 g/mol. The standard InChI is InChI=1S/C23H29FN4O2S/c1-26-13-10-21-22(26)20(25-30)9-16-28(31-21)12-2-11-27-14-7-18(8-15-27)23(29)17-3-5-19(24)6-4-17/h3-6,10,13,18,30H,2,7-9,11-12,14-16H2,1H3/b25-20+. The molecule has 2 aliphatic heterocycles. The second-order valence-electron chi connectivity index (χ2n) is 8.30. The van der Waals surface area contributed by atoms with Crippen LogP contribution in [-0.4, -0.2) is 63.2 Å². The average Bonchev–Trinajstić information content (AvgIpc) is 3.04. The van der Waals surface area contributed by atoms with Crippen molar-refractivity contribution in [3.05, 3.63) is 53.6 Å². The lowest BCUT2D eigenvalue weighted by Gasteiger charge is -2.31. The first-order valence-corrected chi connectivity index (χ1v) is 11.6. The van der Waals surface area contributed by atoms with Gasteiger partial charge in [0.15, 0.2) is 5.78 Å². The van der Waals surface area contributed by atoms with Gasteiger partial charge in [-0.15, -0.1) is 0 Å². The normalized spacial score (nSPS) is 20.0. The van der Waals surface area contributed by atoms with E-state index in [9.17, 15) is 14.4 Å². The fraction of sp³-hybridized carbons (Fsp3) is 0.478. The van der Waals surface area contributed by atoms with Crippen molar-refractivity contribution < 1.29 is 14.4 Å². The van der Waals surface area contributed by atoms with E-state index in [1.54, 1.807) is 24.1 Å². The van der Waals surface area contributed by atoms with Gasteiger partial charge in [0, 0.05) is 44.2 Å². The van der Waals surface area contributed by atoms with Crippen molar-refractivity contribution in [3.8, 4) is 0 Å². The van der Waals surface area contributed by atoms with Crippen molar-refractivity contribution in [1.82, 2.24) is 13.8 Å². The lowest BCUT2D eigenvalue weighted by atomic mass is 9.89. The van der Waals surface area contributed by atoms with Gasteiger partial charge in [-0.1, -0.05) is 5.16 Å². The van der Waals surface area contributed by atoms with E-state index in [1.807, 2.05) is 17.8 Å². The number of fused-ring (bicyclic) bond motifs is 1. The van der Waals surface area contributed by atoms with Crippen molar-refractivity contribution in [3.63, 3.8) is 0 Å². The number of likely N-dealkylation sites (tertiary alicyclic amines) is 1. The quantitative estimate of drug-likeness (QED) is 0.315. The van der Waals surface area contributed by atoms with Gasteiger partial charge in [0.05, 0.1) is 10.6 Å². The monoisotopic (exact) mass is 444 g/mol. The van der Waals surface area contributed by atoms with Gasteiger partial charge >= 0.3 is 0 Å². The summed E-state index contributed by atoms with van der Waals surface area (Å²) in [6.45, 7) is 4.68. The van der Waals surface area contributed by atoms with E-state index in [0.29, 0.717) is 5.56 Å². The number of piperidine rings is 1. The summed E-state index contributed by atoms with van der Waals surface area (Å²) in [6, 6.07) is 7.97. The first kappa shape index (κ1) is 22.0. The van der Waals surface area contributed by atoms with Gasteiger partial charge in [-0.25, -0.2) is 8.70 Å². The fourth-order valence-corrected chi connectivity index (χ4v) is 5.61. The van der Waals surface area contributed by atoms with Gasteiger partial charge < -0.3 is 14.7 Å². The molecule has 0 radical (unpaired) electrons. The molecule has 166 valence electrons. The van der Waals surface area contributed by atoms with Crippen LogP contribution in [0.25, 0.3) is 0 Å². The van der Waals surface area contributed by atoms with E-state index in [2.05, 4.69) is 20.4 Å². The minimum absolute atomic E-state index is 0.0376. The number of oxime groups is 1. The van der Waals surface area contributed by atoms with Gasteiger partial charge in [-0.2, -0.15) is 0 Å². The number of hydrogen-bond donors (Lipinski definition) is 1. The van der Waals surface area contributed by atoms with Crippen LogP contribution in [0, 0.1) is 11.7 Å². The van der Waals surface area contributed by atoms with Crippen molar-refractivity contribution in [2.75, 3.05) is 32.7 Å². The molecule has 0 aliphatic carbocycles. The van der Waals surface area contributed by atoms with Gasteiger partial charge in [0.2, 0.25) is 0 Å². The van der Waals surface area contributed by atoms with Gasteiger partial charge in [0.1, 0.15) is 11.5 Å². The molecule has 31 heavy (non-hydrogen) atoms. The number of aryl methyl sites for hydroxylation is 1. The van der Waals surface area contributed by atoms with Crippen LogP contribution in [0.1, 0.15) is 41.7 Å². The van der Waals surface area contributed by atoms with Crippen LogP contribution in [0.2, 0.25) is 0 Å². The number of benzene rings is 1. The predicted molar refractivity (Wildman–Crippen MR) is 120 cm³/mol. The van der Waals surface area contributed by atoms with E-state index < -0.39 is 0 Å². The lowest BCUT2D eigenvalue weighted by molar-refractivity contribution is 0.0838. The Morgan fingerprint density at radius 3 is 2.61 bits per heavy atom. The molecule has 2 aromatic rings. The zero-order valence-corrected chi connectivity index (χ0v) is 18.7. The van der Waals surface area contributed by atoms with Crippen LogP contribution in [0.15, 0.2) is 46.6 Å². The Kier molecular flexibility index (Phi) is 7.09. The molecule has 1 fully saturated rings. The summed E-state index contributed by atoms with van der Waals surface area (Å²) in [5.41, 5.74) is 2.36. The third kappa shape index (κ3) is 5.19. The molecule has 0 spiro atoms. The minimum Gasteiger partial charge on any atom is -0.411 e. The lowest BCUT2D eigenvalue weighted by Crippen LogP contribution is -2.37. The van der Waals surface area contributed by atoms with Crippen LogP contribution < -0.4 is 0 Å². The van der Waals surface area contributed by atoms with Crippen molar-refractivity contribution in [2.45, 2.75) is 30.6 Å². The second-order valence-corrected chi connectivity index (χ2v) is 9.44. The molecule has 8 heteroatoms. The minimum atomic E-state index is -0.308. The maximum absolute atomic E-state index is 13.1. The summed E-state index contributed by atoms with van der Waals surface area (Å²) in [4.78, 5) is 16.2. The summed E-state index contributed by atoms with van der Waals surface area (Å²) in [5.74, 6) is -0.131. The molecule has 2 aliphatic rings. The highest BCUT2D eigenvalue weighted by Crippen LogP contribution is 2.32. The number of hydrogen-bond acceptors (Lipinski definition) is 6. The first-order chi connectivity index (χ1) is 15.0. The van der Waals surface area contributed by atoms with E-state index in [0.717, 1.165) is 74.7 Å². The van der Waals surface area contributed by atoms with E-state index in [1.165, 1.54) is 12.1 Å². The highest BCUT2D eigenvalue weighted by atomic mass is 32.2. The van der Waals surface area contributed by atoms with Crippen LogP contribution in [0.5, 0.6) is 0 Å². The van der Waals surface area contributed by atoms with E-state index >= 15 is 0 Å².